The summed E-state index contributed by atoms with van der Waals surface area (Å²) in [5.74, 6) is -1.68. The maximum Gasteiger partial charge on any atom is 0.407 e. The molecule has 1 heterocycles. The van der Waals surface area contributed by atoms with Crippen LogP contribution >= 0.6 is 0 Å². The molecule has 1 aromatic heterocycles. The number of carbonyl (C=O) groups excluding carboxylic acids is 2. The molecule has 1 aliphatic carbocycles. The van der Waals surface area contributed by atoms with E-state index in [9.17, 15) is 19.5 Å². The van der Waals surface area contributed by atoms with E-state index >= 15 is 0 Å². The molecule has 1 atom stereocenters. The Balaban J connectivity index is 1.35. The normalized spacial score (nSPS) is 13.8. The Hall–Kier alpha value is -4.20. The lowest BCUT2D eigenvalue weighted by Crippen LogP contribution is -2.51. The van der Waals surface area contributed by atoms with E-state index in [1.807, 2.05) is 24.3 Å². The minimum absolute atomic E-state index is 0.0413. The molecule has 0 bridgehead atoms. The van der Waals surface area contributed by atoms with Gasteiger partial charge in [-0.3, -0.25) is 9.78 Å². The number of alkyl carbamates (subject to hydrolysis) is 1. The Labute approximate surface area is 203 Å². The molecule has 8 nitrogen and oxygen atoms in total. The first-order chi connectivity index (χ1) is 16.8. The van der Waals surface area contributed by atoms with Crippen molar-refractivity contribution >= 4 is 18.0 Å². The Morgan fingerprint density at radius 1 is 1.03 bits per heavy atom. The number of aromatic nitrogens is 1. The Morgan fingerprint density at radius 2 is 1.66 bits per heavy atom. The lowest BCUT2D eigenvalue weighted by atomic mass is 9.98. The van der Waals surface area contributed by atoms with Gasteiger partial charge in [0.2, 0.25) is 0 Å². The number of nitrogens with zero attached hydrogens (tertiary/aromatic N) is 1. The van der Waals surface area contributed by atoms with Crippen molar-refractivity contribution < 1.29 is 24.2 Å². The molecule has 0 fully saturated rings. The van der Waals surface area contributed by atoms with Crippen LogP contribution in [0.1, 0.15) is 53.4 Å². The van der Waals surface area contributed by atoms with Crippen LogP contribution in [0, 0.1) is 0 Å². The number of pyridine rings is 1. The van der Waals surface area contributed by atoms with Crippen LogP contribution in [0.15, 0.2) is 66.9 Å². The van der Waals surface area contributed by atoms with Gasteiger partial charge >= 0.3 is 12.1 Å². The van der Waals surface area contributed by atoms with Crippen molar-refractivity contribution in [1.82, 2.24) is 15.6 Å². The highest BCUT2D eigenvalue weighted by molar-refractivity contribution is 5.97. The van der Waals surface area contributed by atoms with E-state index in [-0.39, 0.29) is 31.1 Å². The summed E-state index contributed by atoms with van der Waals surface area (Å²) in [4.78, 5) is 40.6. The van der Waals surface area contributed by atoms with Crippen LogP contribution in [-0.2, 0) is 16.1 Å². The van der Waals surface area contributed by atoms with E-state index in [1.54, 1.807) is 6.92 Å². The summed E-state index contributed by atoms with van der Waals surface area (Å²) < 4.78 is 5.52. The average molecular weight is 474 g/mol. The van der Waals surface area contributed by atoms with Crippen LogP contribution in [0.5, 0.6) is 0 Å². The maximum atomic E-state index is 12.6. The SMILES string of the molecule is CCC(C)(NC(=O)c1ccnc(CNC(=O)OCC2c3ccccc3-c3ccccc32)c1)C(=O)O. The molecule has 35 heavy (non-hydrogen) atoms. The third-order valence-corrected chi connectivity index (χ3v) is 6.40. The predicted molar refractivity (Wildman–Crippen MR) is 130 cm³/mol. The molecule has 180 valence electrons. The number of aliphatic carboxylic acids is 1. The zero-order valence-corrected chi connectivity index (χ0v) is 19.6. The zero-order valence-electron chi connectivity index (χ0n) is 19.6. The summed E-state index contributed by atoms with van der Waals surface area (Å²) in [5, 5.41) is 14.6. The molecule has 0 radical (unpaired) electrons. The van der Waals surface area contributed by atoms with Gasteiger partial charge in [0.1, 0.15) is 12.1 Å². The van der Waals surface area contributed by atoms with Crippen LogP contribution < -0.4 is 10.6 Å². The van der Waals surface area contributed by atoms with Crippen LogP contribution in [0.3, 0.4) is 0 Å². The number of benzene rings is 2. The summed E-state index contributed by atoms with van der Waals surface area (Å²) in [6.07, 6.45) is 1.08. The molecule has 3 aromatic rings. The minimum Gasteiger partial charge on any atom is -0.480 e. The van der Waals surface area contributed by atoms with Crippen molar-refractivity contribution in [3.8, 4) is 11.1 Å². The van der Waals surface area contributed by atoms with Crippen LogP contribution in [-0.4, -0.2) is 40.2 Å². The molecule has 4 rings (SSSR count). The first-order valence-electron chi connectivity index (χ1n) is 11.4. The monoisotopic (exact) mass is 473 g/mol. The third-order valence-electron chi connectivity index (χ3n) is 6.40. The molecule has 0 saturated heterocycles. The Bertz CT molecular complexity index is 1230. The van der Waals surface area contributed by atoms with Gasteiger partial charge in [-0.05, 0) is 47.7 Å². The van der Waals surface area contributed by atoms with Gasteiger partial charge in [0.05, 0.1) is 12.2 Å². The van der Waals surface area contributed by atoms with Gasteiger partial charge in [-0.1, -0.05) is 55.5 Å². The van der Waals surface area contributed by atoms with E-state index in [0.717, 1.165) is 22.3 Å². The second-order valence-electron chi connectivity index (χ2n) is 8.66. The number of hydrogen-bond acceptors (Lipinski definition) is 5. The molecule has 2 amide bonds. The second-order valence-corrected chi connectivity index (χ2v) is 8.66. The van der Waals surface area contributed by atoms with Crippen LogP contribution in [0.25, 0.3) is 11.1 Å². The molecule has 2 aromatic carbocycles. The van der Waals surface area contributed by atoms with Gasteiger partial charge in [-0.25, -0.2) is 9.59 Å². The van der Waals surface area contributed by atoms with E-state index < -0.39 is 23.5 Å². The molecular formula is C27H27N3O5. The van der Waals surface area contributed by atoms with Gasteiger partial charge in [-0.15, -0.1) is 0 Å². The molecule has 3 N–H and O–H groups in total. The quantitative estimate of drug-likeness (QED) is 0.453. The fourth-order valence-electron chi connectivity index (χ4n) is 4.14. The van der Waals surface area contributed by atoms with Gasteiger partial charge in [-0.2, -0.15) is 0 Å². The van der Waals surface area contributed by atoms with Crippen molar-refractivity contribution in [2.24, 2.45) is 0 Å². The number of amides is 2. The molecular weight excluding hydrogens is 446 g/mol. The number of ether oxygens (including phenoxy) is 1. The number of hydrogen-bond donors (Lipinski definition) is 3. The highest BCUT2D eigenvalue weighted by atomic mass is 16.5. The van der Waals surface area contributed by atoms with Gasteiger partial charge < -0.3 is 20.5 Å². The standard InChI is InChI=1S/C27H27N3O5/c1-3-27(2,25(32)33)30-24(31)17-12-13-28-18(14-17)15-29-26(34)35-16-23-21-10-6-4-8-19(21)20-9-5-7-11-22(20)23/h4-14,23H,3,15-16H2,1-2H3,(H,29,34)(H,30,31)(H,32,33). The summed E-state index contributed by atoms with van der Waals surface area (Å²) in [6, 6.07) is 19.2. The topological polar surface area (TPSA) is 118 Å². The van der Waals surface area contributed by atoms with Crippen molar-refractivity contribution in [1.29, 1.82) is 0 Å². The molecule has 0 saturated carbocycles. The number of nitrogens with one attached hydrogen (secondary N) is 2. The predicted octanol–water partition coefficient (Wildman–Crippen LogP) is 4.10. The van der Waals surface area contributed by atoms with Gasteiger partial charge in [0, 0.05) is 17.7 Å². The molecule has 0 spiro atoms. The second kappa shape index (κ2) is 9.97. The minimum atomic E-state index is -1.37. The van der Waals surface area contributed by atoms with Crippen molar-refractivity contribution in [2.75, 3.05) is 6.61 Å². The summed E-state index contributed by atoms with van der Waals surface area (Å²) >= 11 is 0. The van der Waals surface area contributed by atoms with E-state index in [0.29, 0.717) is 5.69 Å². The average Bonchev–Trinajstić information content (AvgIpc) is 3.20. The summed E-state index contributed by atoms with van der Waals surface area (Å²) in [5.41, 5.74) is 3.88. The number of carboxylic acids is 1. The lowest BCUT2D eigenvalue weighted by Gasteiger charge is -2.24. The Morgan fingerprint density at radius 3 is 2.26 bits per heavy atom. The molecule has 8 heteroatoms. The number of rotatable bonds is 8. The first-order valence-corrected chi connectivity index (χ1v) is 11.4. The largest absolute Gasteiger partial charge is 0.480 e. The number of fused-ring (bicyclic) bond motifs is 3. The number of carbonyl (C=O) groups is 3. The highest BCUT2D eigenvalue weighted by Gasteiger charge is 2.33. The van der Waals surface area contributed by atoms with Crippen LogP contribution in [0.4, 0.5) is 4.79 Å². The molecule has 1 aliphatic rings. The Kier molecular flexibility index (Phi) is 6.82. The van der Waals surface area contributed by atoms with E-state index in [4.69, 9.17) is 4.74 Å². The van der Waals surface area contributed by atoms with Crippen molar-refractivity contribution in [3.05, 3.63) is 89.2 Å². The first kappa shape index (κ1) is 23.9. The maximum absolute atomic E-state index is 12.6. The number of carboxylic acid groups (broad SMARTS) is 1. The van der Waals surface area contributed by atoms with Gasteiger partial charge in [0.25, 0.3) is 5.91 Å². The van der Waals surface area contributed by atoms with E-state index in [2.05, 4.69) is 39.9 Å². The highest BCUT2D eigenvalue weighted by Crippen LogP contribution is 2.44. The fraction of sp³-hybridized carbons (Fsp3) is 0.259. The summed E-state index contributed by atoms with van der Waals surface area (Å²) in [6.45, 7) is 3.39. The van der Waals surface area contributed by atoms with Gasteiger partial charge in [0.15, 0.2) is 0 Å². The van der Waals surface area contributed by atoms with Crippen molar-refractivity contribution in [2.45, 2.75) is 38.3 Å². The smallest absolute Gasteiger partial charge is 0.407 e. The fourth-order valence-corrected chi connectivity index (χ4v) is 4.14. The van der Waals surface area contributed by atoms with Crippen LogP contribution in [0.2, 0.25) is 0 Å². The third kappa shape index (κ3) is 5.01. The van der Waals surface area contributed by atoms with E-state index in [1.165, 1.54) is 25.3 Å². The zero-order chi connectivity index (χ0) is 25.0. The molecule has 0 aliphatic heterocycles. The molecule has 1 unspecified atom stereocenters. The van der Waals surface area contributed by atoms with Crippen molar-refractivity contribution in [3.63, 3.8) is 0 Å². The lowest BCUT2D eigenvalue weighted by molar-refractivity contribution is -0.143. The summed E-state index contributed by atoms with van der Waals surface area (Å²) in [7, 11) is 0.